The van der Waals surface area contributed by atoms with E-state index in [4.69, 9.17) is 0 Å². The molecule has 2 rings (SSSR count). The van der Waals surface area contributed by atoms with Gasteiger partial charge in [0.1, 0.15) is 4.91 Å². The molecule has 0 aromatic rings. The minimum atomic E-state index is -0.0972. The van der Waals surface area contributed by atoms with E-state index < -0.39 is 0 Å². The van der Waals surface area contributed by atoms with Gasteiger partial charge >= 0.3 is 0 Å². The van der Waals surface area contributed by atoms with Crippen LogP contribution in [-0.2, 0) is 4.79 Å². The number of hydrogen-bond acceptors (Lipinski definition) is 3. The van der Waals surface area contributed by atoms with Gasteiger partial charge in [0.2, 0.25) is 0 Å². The SMILES string of the molecule is O=C1N=CC2=C1SCN2. The van der Waals surface area contributed by atoms with Crippen molar-refractivity contribution in [3.63, 3.8) is 0 Å². The predicted molar refractivity (Wildman–Crippen MR) is 36.1 cm³/mol. The van der Waals surface area contributed by atoms with Crippen molar-refractivity contribution >= 4 is 23.9 Å². The van der Waals surface area contributed by atoms with Crippen LogP contribution in [0.3, 0.4) is 0 Å². The van der Waals surface area contributed by atoms with Crippen LogP contribution in [0.2, 0.25) is 0 Å². The molecular formula is C5H4N2OS. The molecule has 1 N–H and O–H groups in total. The molecule has 9 heavy (non-hydrogen) atoms. The van der Waals surface area contributed by atoms with Crippen LogP contribution in [0.25, 0.3) is 0 Å². The smallest absolute Gasteiger partial charge is 0.285 e. The summed E-state index contributed by atoms with van der Waals surface area (Å²) < 4.78 is 0. The minimum Gasteiger partial charge on any atom is -0.373 e. The zero-order valence-electron chi connectivity index (χ0n) is 4.55. The van der Waals surface area contributed by atoms with Crippen molar-refractivity contribution in [2.45, 2.75) is 0 Å². The Kier molecular flexibility index (Phi) is 0.900. The van der Waals surface area contributed by atoms with Gasteiger partial charge in [0.25, 0.3) is 5.91 Å². The van der Waals surface area contributed by atoms with Gasteiger partial charge in [0, 0.05) is 0 Å². The van der Waals surface area contributed by atoms with E-state index in [9.17, 15) is 4.79 Å². The van der Waals surface area contributed by atoms with Crippen LogP contribution in [0.4, 0.5) is 0 Å². The average Bonchev–Trinajstić information content (AvgIpc) is 2.35. The summed E-state index contributed by atoms with van der Waals surface area (Å²) in [6.45, 7) is 0. The van der Waals surface area contributed by atoms with E-state index in [1.807, 2.05) is 0 Å². The van der Waals surface area contributed by atoms with E-state index in [0.717, 1.165) is 16.5 Å². The number of thioether (sulfide) groups is 1. The Morgan fingerprint density at radius 2 is 2.67 bits per heavy atom. The van der Waals surface area contributed by atoms with Crippen LogP contribution in [0.5, 0.6) is 0 Å². The van der Waals surface area contributed by atoms with E-state index in [1.165, 1.54) is 11.8 Å². The van der Waals surface area contributed by atoms with E-state index >= 15 is 0 Å². The summed E-state index contributed by atoms with van der Waals surface area (Å²) in [5.41, 5.74) is 0.894. The first kappa shape index (κ1) is 5.05. The van der Waals surface area contributed by atoms with Gasteiger partial charge < -0.3 is 5.32 Å². The summed E-state index contributed by atoms with van der Waals surface area (Å²) in [5.74, 6) is 0.711. The third-order valence-electron chi connectivity index (χ3n) is 1.23. The molecule has 46 valence electrons. The molecule has 0 saturated heterocycles. The highest BCUT2D eigenvalue weighted by molar-refractivity contribution is 8.04. The summed E-state index contributed by atoms with van der Waals surface area (Å²) in [6, 6.07) is 0. The number of nitrogens with zero attached hydrogens (tertiary/aromatic N) is 1. The van der Waals surface area contributed by atoms with Crippen molar-refractivity contribution < 1.29 is 4.79 Å². The van der Waals surface area contributed by atoms with Crippen LogP contribution in [0.15, 0.2) is 15.6 Å². The highest BCUT2D eigenvalue weighted by atomic mass is 32.2. The maximum atomic E-state index is 10.7. The molecule has 2 aliphatic rings. The third-order valence-corrected chi connectivity index (χ3v) is 2.20. The lowest BCUT2D eigenvalue weighted by Crippen LogP contribution is -2.05. The van der Waals surface area contributed by atoms with Crippen LogP contribution in [0, 0.1) is 0 Å². The molecular weight excluding hydrogens is 136 g/mol. The van der Waals surface area contributed by atoms with E-state index in [-0.39, 0.29) is 5.91 Å². The van der Waals surface area contributed by atoms with Crippen molar-refractivity contribution in [1.29, 1.82) is 0 Å². The van der Waals surface area contributed by atoms with Gasteiger partial charge in [0.15, 0.2) is 0 Å². The summed E-state index contributed by atoms with van der Waals surface area (Å²) >= 11 is 1.52. The van der Waals surface area contributed by atoms with Gasteiger partial charge in [-0.2, -0.15) is 0 Å². The first-order chi connectivity index (χ1) is 4.38. The number of rotatable bonds is 0. The quantitative estimate of drug-likeness (QED) is 0.519. The molecule has 2 heterocycles. The molecule has 0 radical (unpaired) electrons. The van der Waals surface area contributed by atoms with E-state index in [1.54, 1.807) is 6.21 Å². The number of hydrogen-bond donors (Lipinski definition) is 1. The molecule has 0 atom stereocenters. The number of nitrogens with one attached hydrogen (secondary N) is 1. The maximum Gasteiger partial charge on any atom is 0.285 e. The molecule has 1 amide bonds. The number of carbonyl (C=O) groups is 1. The number of aliphatic imine (C=N–C) groups is 1. The summed E-state index contributed by atoms with van der Waals surface area (Å²) in [5, 5.41) is 3.02. The fourth-order valence-electron chi connectivity index (χ4n) is 0.807. The van der Waals surface area contributed by atoms with Crippen LogP contribution in [0.1, 0.15) is 0 Å². The summed E-state index contributed by atoms with van der Waals surface area (Å²) in [7, 11) is 0. The molecule has 4 heteroatoms. The number of carbonyl (C=O) groups excluding carboxylic acids is 1. The first-order valence-electron chi connectivity index (χ1n) is 2.57. The molecule has 0 saturated carbocycles. The normalized spacial score (nSPS) is 22.9. The van der Waals surface area contributed by atoms with Crippen LogP contribution < -0.4 is 5.32 Å². The summed E-state index contributed by atoms with van der Waals surface area (Å²) in [4.78, 5) is 15.1. The Morgan fingerprint density at radius 1 is 1.78 bits per heavy atom. The Bertz CT molecular complexity index is 225. The Hall–Kier alpha value is -0.770. The van der Waals surface area contributed by atoms with Crippen molar-refractivity contribution in [2.24, 2.45) is 4.99 Å². The maximum absolute atomic E-state index is 10.7. The van der Waals surface area contributed by atoms with E-state index in [2.05, 4.69) is 10.3 Å². The zero-order valence-corrected chi connectivity index (χ0v) is 5.36. The van der Waals surface area contributed by atoms with Gasteiger partial charge in [-0.25, -0.2) is 4.99 Å². The zero-order chi connectivity index (χ0) is 6.27. The lowest BCUT2D eigenvalue weighted by molar-refractivity contribution is -0.113. The monoisotopic (exact) mass is 140 g/mol. The molecule has 0 fully saturated rings. The molecule has 3 nitrogen and oxygen atoms in total. The highest BCUT2D eigenvalue weighted by Gasteiger charge is 2.23. The largest absolute Gasteiger partial charge is 0.373 e. The fraction of sp³-hybridized carbons (Fsp3) is 0.200. The molecule has 0 aromatic heterocycles. The highest BCUT2D eigenvalue weighted by Crippen LogP contribution is 2.27. The Balaban J connectivity index is 2.44. The van der Waals surface area contributed by atoms with Crippen molar-refractivity contribution in [3.8, 4) is 0 Å². The molecule has 0 spiro atoms. The second kappa shape index (κ2) is 1.60. The molecule has 0 aromatic carbocycles. The van der Waals surface area contributed by atoms with Gasteiger partial charge in [0.05, 0.1) is 17.8 Å². The van der Waals surface area contributed by atoms with Crippen molar-refractivity contribution in [2.75, 3.05) is 5.88 Å². The predicted octanol–water partition coefficient (Wildman–Crippen LogP) is 0.103. The van der Waals surface area contributed by atoms with Gasteiger partial charge in [-0.15, -0.1) is 0 Å². The van der Waals surface area contributed by atoms with Crippen molar-refractivity contribution in [1.82, 2.24) is 5.32 Å². The second-order valence-corrected chi connectivity index (χ2v) is 2.76. The van der Waals surface area contributed by atoms with Crippen LogP contribution >= 0.6 is 11.8 Å². The molecule has 0 bridgehead atoms. The lowest BCUT2D eigenvalue weighted by Gasteiger charge is -1.88. The van der Waals surface area contributed by atoms with E-state index in [0.29, 0.717) is 0 Å². The fourth-order valence-corrected chi connectivity index (χ4v) is 1.64. The number of allylic oxidation sites excluding steroid dienone is 1. The topological polar surface area (TPSA) is 41.5 Å². The van der Waals surface area contributed by atoms with Crippen molar-refractivity contribution in [3.05, 3.63) is 10.6 Å². The van der Waals surface area contributed by atoms with Gasteiger partial charge in [-0.1, -0.05) is 11.8 Å². The second-order valence-electron chi connectivity index (χ2n) is 1.77. The Morgan fingerprint density at radius 3 is 3.44 bits per heavy atom. The molecule has 0 aliphatic carbocycles. The number of amides is 1. The standard InChI is InChI=1S/C5H4N2OS/c8-5-4-3(1-6-5)7-2-9-4/h1,7H,2H2. The van der Waals surface area contributed by atoms with Crippen LogP contribution in [-0.4, -0.2) is 18.0 Å². The first-order valence-corrected chi connectivity index (χ1v) is 3.56. The Labute approximate surface area is 56.2 Å². The third kappa shape index (κ3) is 0.595. The van der Waals surface area contributed by atoms with Gasteiger partial charge in [-0.3, -0.25) is 4.79 Å². The minimum absolute atomic E-state index is 0.0972. The lowest BCUT2D eigenvalue weighted by atomic mass is 10.4. The average molecular weight is 140 g/mol. The molecule has 2 aliphatic heterocycles. The van der Waals surface area contributed by atoms with Gasteiger partial charge in [-0.05, 0) is 0 Å². The molecule has 0 unspecified atom stereocenters. The summed E-state index contributed by atoms with van der Waals surface area (Å²) in [6.07, 6.45) is 1.58.